The Kier molecular flexibility index (Phi) is 5.66. The van der Waals surface area contributed by atoms with E-state index in [1.54, 1.807) is 0 Å². The Morgan fingerprint density at radius 1 is 1.17 bits per heavy atom. The summed E-state index contributed by atoms with van der Waals surface area (Å²) in [5.74, 6) is 1.99. The number of fused-ring (bicyclic) bond motifs is 1. The van der Waals surface area contributed by atoms with Crippen molar-refractivity contribution in [2.75, 3.05) is 26.7 Å². The predicted octanol–water partition coefficient (Wildman–Crippen LogP) is 3.96. The van der Waals surface area contributed by atoms with Gasteiger partial charge in [-0.15, -0.1) is 0 Å². The molecule has 1 saturated heterocycles. The highest BCUT2D eigenvalue weighted by Gasteiger charge is 2.61. The van der Waals surface area contributed by atoms with Gasteiger partial charge < -0.3 is 19.7 Å². The van der Waals surface area contributed by atoms with Gasteiger partial charge in [-0.2, -0.15) is 0 Å². The van der Waals surface area contributed by atoms with E-state index in [4.69, 9.17) is 4.74 Å². The fourth-order valence-corrected chi connectivity index (χ4v) is 4.53. The maximum absolute atomic E-state index is 13.0. The number of nitrogens with one attached hydrogen (secondary N) is 1. The smallest absolute Gasteiger partial charge is 0.406 e. The number of alkyl carbamates (subject to hydrolysis) is 1. The maximum Gasteiger partial charge on any atom is 0.406 e. The lowest BCUT2D eigenvalue weighted by atomic mass is 9.94. The number of nitrogens with zero attached hydrogens (tertiary/aromatic N) is 1. The van der Waals surface area contributed by atoms with E-state index in [1.807, 2.05) is 54.3 Å². The Hall–Kier alpha value is -3.02. The van der Waals surface area contributed by atoms with E-state index in [0.29, 0.717) is 18.9 Å². The topological polar surface area (TPSA) is 67.9 Å². The van der Waals surface area contributed by atoms with Crippen LogP contribution in [0.2, 0.25) is 0 Å². The van der Waals surface area contributed by atoms with Gasteiger partial charge in [0.05, 0.1) is 13.0 Å². The van der Waals surface area contributed by atoms with E-state index >= 15 is 0 Å². The molecule has 6 heteroatoms. The minimum Gasteiger partial charge on any atom is -0.457 e. The van der Waals surface area contributed by atoms with Crippen LogP contribution in [-0.4, -0.2) is 43.6 Å². The number of methoxy groups -OCH3 is 1. The zero-order valence-corrected chi connectivity index (χ0v) is 17.5. The van der Waals surface area contributed by atoms with Gasteiger partial charge in [-0.1, -0.05) is 37.3 Å². The zero-order chi connectivity index (χ0) is 21.1. The summed E-state index contributed by atoms with van der Waals surface area (Å²) in [4.78, 5) is 26.4. The van der Waals surface area contributed by atoms with Crippen LogP contribution >= 0.6 is 0 Å². The minimum atomic E-state index is -0.503. The summed E-state index contributed by atoms with van der Waals surface area (Å²) in [6.45, 7) is 3.77. The van der Waals surface area contributed by atoms with Crippen LogP contribution in [0.5, 0.6) is 11.5 Å². The number of likely N-dealkylation sites (tertiary alicyclic amines) is 1. The molecule has 0 bridgehead atoms. The largest absolute Gasteiger partial charge is 0.457 e. The number of ether oxygens (including phenoxy) is 2. The van der Waals surface area contributed by atoms with Gasteiger partial charge in [0.2, 0.25) is 5.91 Å². The van der Waals surface area contributed by atoms with Gasteiger partial charge >= 0.3 is 6.09 Å². The Balaban J connectivity index is 1.43. The van der Waals surface area contributed by atoms with Crippen molar-refractivity contribution in [3.63, 3.8) is 0 Å². The number of amides is 2. The fraction of sp³-hybridized carbons (Fsp3) is 0.417. The summed E-state index contributed by atoms with van der Waals surface area (Å²) in [6, 6.07) is 18.0. The molecular formula is C24H28N2O4. The molecule has 1 saturated carbocycles. The molecule has 0 aromatic heterocycles. The Morgan fingerprint density at radius 2 is 1.93 bits per heavy atom. The molecule has 30 heavy (non-hydrogen) atoms. The van der Waals surface area contributed by atoms with Crippen molar-refractivity contribution in [2.45, 2.75) is 25.2 Å². The highest BCUT2D eigenvalue weighted by Crippen LogP contribution is 2.59. The van der Waals surface area contributed by atoms with Crippen molar-refractivity contribution in [2.24, 2.45) is 11.8 Å². The van der Waals surface area contributed by atoms with E-state index < -0.39 is 6.09 Å². The molecule has 2 amide bonds. The molecule has 2 aliphatic rings. The Labute approximate surface area is 177 Å². The maximum atomic E-state index is 13.0. The number of hydrogen-bond donors (Lipinski definition) is 1. The quantitative estimate of drug-likeness (QED) is 0.753. The number of benzene rings is 2. The van der Waals surface area contributed by atoms with Crippen molar-refractivity contribution in [3.8, 4) is 11.5 Å². The highest BCUT2D eigenvalue weighted by atomic mass is 16.5. The van der Waals surface area contributed by atoms with Crippen molar-refractivity contribution in [3.05, 3.63) is 60.2 Å². The third kappa shape index (κ3) is 3.99. The van der Waals surface area contributed by atoms with Crippen LogP contribution in [0.3, 0.4) is 0 Å². The first-order valence-corrected chi connectivity index (χ1v) is 10.5. The summed E-state index contributed by atoms with van der Waals surface area (Å²) in [5.41, 5.74) is 1.26. The molecule has 0 spiro atoms. The molecule has 1 aliphatic carbocycles. The van der Waals surface area contributed by atoms with Crippen LogP contribution in [0.15, 0.2) is 54.6 Å². The molecule has 4 rings (SSSR count). The van der Waals surface area contributed by atoms with Crippen LogP contribution < -0.4 is 10.1 Å². The summed E-state index contributed by atoms with van der Waals surface area (Å²) < 4.78 is 10.6. The first kappa shape index (κ1) is 20.3. The van der Waals surface area contributed by atoms with Gasteiger partial charge in [0, 0.05) is 25.0 Å². The van der Waals surface area contributed by atoms with Gasteiger partial charge in [0.15, 0.2) is 0 Å². The van der Waals surface area contributed by atoms with Crippen LogP contribution in [0.4, 0.5) is 4.79 Å². The van der Waals surface area contributed by atoms with E-state index in [2.05, 4.69) is 22.2 Å². The summed E-state index contributed by atoms with van der Waals surface area (Å²) in [5, 5.41) is 2.66. The van der Waals surface area contributed by atoms with E-state index in [1.165, 1.54) is 12.7 Å². The standard InChI is InChI=1S/C24H28N2O4/c1-3-17(14-25-23(28)29-2)22(27)26-15-19-13-24(19,16-26)18-8-7-11-21(12-18)30-20-9-5-4-6-10-20/h4-12,17,19H,3,13-16H2,1-2H3,(H,25,28). The van der Waals surface area contributed by atoms with E-state index in [0.717, 1.165) is 31.0 Å². The Bertz CT molecular complexity index is 916. The first-order chi connectivity index (χ1) is 14.6. The molecule has 2 aromatic carbocycles. The molecular weight excluding hydrogens is 380 g/mol. The highest BCUT2D eigenvalue weighted by molar-refractivity contribution is 5.80. The van der Waals surface area contributed by atoms with Gasteiger partial charge in [-0.3, -0.25) is 4.79 Å². The van der Waals surface area contributed by atoms with Gasteiger partial charge in [-0.05, 0) is 48.6 Å². The average molecular weight is 408 g/mol. The number of piperidine rings is 1. The summed E-state index contributed by atoms with van der Waals surface area (Å²) >= 11 is 0. The third-order valence-electron chi connectivity index (χ3n) is 6.37. The molecule has 1 heterocycles. The Morgan fingerprint density at radius 3 is 2.67 bits per heavy atom. The zero-order valence-electron chi connectivity index (χ0n) is 17.5. The first-order valence-electron chi connectivity index (χ1n) is 10.5. The average Bonchev–Trinajstić information content (AvgIpc) is 3.35. The molecule has 0 radical (unpaired) electrons. The third-order valence-corrected chi connectivity index (χ3v) is 6.37. The normalized spacial score (nSPS) is 22.7. The van der Waals surface area contributed by atoms with Crippen molar-refractivity contribution >= 4 is 12.0 Å². The fourth-order valence-electron chi connectivity index (χ4n) is 4.53. The predicted molar refractivity (Wildman–Crippen MR) is 114 cm³/mol. The van der Waals surface area contributed by atoms with Crippen LogP contribution in [0.1, 0.15) is 25.3 Å². The van der Waals surface area contributed by atoms with Gasteiger partial charge in [-0.25, -0.2) is 4.79 Å². The van der Waals surface area contributed by atoms with Crippen LogP contribution in [-0.2, 0) is 14.9 Å². The van der Waals surface area contributed by atoms with E-state index in [9.17, 15) is 9.59 Å². The number of rotatable bonds is 7. The second-order valence-electron chi connectivity index (χ2n) is 8.20. The lowest BCUT2D eigenvalue weighted by molar-refractivity contribution is -0.135. The van der Waals surface area contributed by atoms with Crippen molar-refractivity contribution < 1.29 is 19.1 Å². The molecule has 3 unspecified atom stereocenters. The number of carbonyl (C=O) groups is 2. The van der Waals surface area contributed by atoms with E-state index in [-0.39, 0.29) is 17.2 Å². The molecule has 3 atom stereocenters. The van der Waals surface area contributed by atoms with Gasteiger partial charge in [0.25, 0.3) is 0 Å². The SMILES string of the molecule is CCC(CNC(=O)OC)C(=O)N1CC2CC2(c2cccc(Oc3ccccc3)c2)C1. The van der Waals surface area contributed by atoms with Crippen LogP contribution in [0, 0.1) is 11.8 Å². The lowest BCUT2D eigenvalue weighted by Crippen LogP contribution is -2.42. The monoisotopic (exact) mass is 408 g/mol. The number of para-hydroxylation sites is 1. The second kappa shape index (κ2) is 8.38. The van der Waals surface area contributed by atoms with Crippen LogP contribution in [0.25, 0.3) is 0 Å². The summed E-state index contributed by atoms with van der Waals surface area (Å²) in [6.07, 6.45) is 1.28. The van der Waals surface area contributed by atoms with Gasteiger partial charge in [0.1, 0.15) is 11.5 Å². The summed E-state index contributed by atoms with van der Waals surface area (Å²) in [7, 11) is 1.32. The molecule has 6 nitrogen and oxygen atoms in total. The number of hydrogen-bond acceptors (Lipinski definition) is 4. The lowest BCUT2D eigenvalue weighted by Gasteiger charge is -2.26. The molecule has 2 fully saturated rings. The molecule has 1 N–H and O–H groups in total. The molecule has 2 aromatic rings. The molecule has 1 aliphatic heterocycles. The number of carbonyl (C=O) groups excluding carboxylic acids is 2. The van der Waals surface area contributed by atoms with Crippen molar-refractivity contribution in [1.82, 2.24) is 10.2 Å². The van der Waals surface area contributed by atoms with Crippen molar-refractivity contribution in [1.29, 1.82) is 0 Å². The molecule has 158 valence electrons. The second-order valence-corrected chi connectivity index (χ2v) is 8.20. The minimum absolute atomic E-state index is 0.0276.